The number of piperidine rings is 1. The van der Waals surface area contributed by atoms with Crippen LogP contribution in [0.1, 0.15) is 30.5 Å². The quantitative estimate of drug-likeness (QED) is 0.757. The van der Waals surface area contributed by atoms with Crippen LogP contribution in [0.3, 0.4) is 0 Å². The second-order valence-corrected chi connectivity index (χ2v) is 8.64. The van der Waals surface area contributed by atoms with Crippen LogP contribution in [-0.4, -0.2) is 36.2 Å². The number of amides is 3. The number of nitrogens with zero attached hydrogens (tertiary/aromatic N) is 1. The Morgan fingerprint density at radius 3 is 2.63 bits per heavy atom. The molecule has 156 valence electrons. The number of benzene rings is 2. The van der Waals surface area contributed by atoms with Crippen LogP contribution in [0.5, 0.6) is 0 Å². The predicted octanol–water partition coefficient (Wildman–Crippen LogP) is 3.54. The lowest BCUT2D eigenvalue weighted by molar-refractivity contribution is -0.151. The Balaban J connectivity index is 1.99. The van der Waals surface area contributed by atoms with Gasteiger partial charge in [-0.2, -0.15) is 0 Å². The molecule has 1 saturated heterocycles. The molecule has 0 radical (unpaired) electrons. The minimum Gasteiger partial charge on any atom is -0.358 e. The number of hydrogen-bond donors (Lipinski definition) is 2. The van der Waals surface area contributed by atoms with Gasteiger partial charge >= 0.3 is 0 Å². The number of nitrogens with one attached hydrogen (secondary N) is 2. The normalized spacial score (nSPS) is 25.3. The average Bonchev–Trinajstić information content (AvgIpc) is 2.98. The number of fused-ring (bicyclic) bond motifs is 2. The van der Waals surface area contributed by atoms with Gasteiger partial charge in [0.05, 0.1) is 6.04 Å². The van der Waals surface area contributed by atoms with Gasteiger partial charge in [-0.15, -0.1) is 0 Å². The van der Waals surface area contributed by atoms with Gasteiger partial charge < -0.3 is 15.5 Å². The molecule has 4 rings (SSSR count). The third-order valence-electron chi connectivity index (χ3n) is 6.13. The van der Waals surface area contributed by atoms with E-state index in [0.29, 0.717) is 21.3 Å². The van der Waals surface area contributed by atoms with Crippen molar-refractivity contribution in [2.45, 2.75) is 24.8 Å². The summed E-state index contributed by atoms with van der Waals surface area (Å²) < 4.78 is 0. The molecular weight excluding hydrogens is 425 g/mol. The number of rotatable bonds is 3. The minimum atomic E-state index is -1.08. The van der Waals surface area contributed by atoms with Crippen LogP contribution in [-0.2, 0) is 19.8 Å². The summed E-state index contributed by atoms with van der Waals surface area (Å²) >= 11 is 12.4. The van der Waals surface area contributed by atoms with Crippen LogP contribution in [0.15, 0.2) is 42.5 Å². The van der Waals surface area contributed by atoms with E-state index < -0.39 is 11.5 Å². The van der Waals surface area contributed by atoms with Crippen LogP contribution >= 0.6 is 23.2 Å². The van der Waals surface area contributed by atoms with Crippen molar-refractivity contribution < 1.29 is 14.4 Å². The summed E-state index contributed by atoms with van der Waals surface area (Å²) in [6, 6.07) is 11.7. The Kier molecular flexibility index (Phi) is 5.24. The van der Waals surface area contributed by atoms with Crippen LogP contribution in [0.4, 0.5) is 5.69 Å². The molecular formula is C22H21Cl2N3O3. The van der Waals surface area contributed by atoms with Gasteiger partial charge in [0, 0.05) is 29.2 Å². The van der Waals surface area contributed by atoms with Gasteiger partial charge in [-0.3, -0.25) is 14.4 Å². The Labute approximate surface area is 184 Å². The van der Waals surface area contributed by atoms with E-state index in [9.17, 15) is 14.4 Å². The fourth-order valence-corrected chi connectivity index (χ4v) is 5.19. The lowest BCUT2D eigenvalue weighted by Crippen LogP contribution is -2.60. The molecule has 6 nitrogen and oxygen atoms in total. The Morgan fingerprint density at radius 1 is 1.20 bits per heavy atom. The van der Waals surface area contributed by atoms with Crippen molar-refractivity contribution in [1.29, 1.82) is 0 Å². The topological polar surface area (TPSA) is 78.5 Å². The molecule has 3 amide bonds. The molecule has 8 heteroatoms. The summed E-state index contributed by atoms with van der Waals surface area (Å²) in [5.41, 5.74) is 1.01. The van der Waals surface area contributed by atoms with Gasteiger partial charge in [0.1, 0.15) is 12.0 Å². The molecule has 2 aliphatic rings. The highest BCUT2D eigenvalue weighted by Crippen LogP contribution is 2.56. The number of likely N-dealkylation sites (tertiary alicyclic amines) is 1. The van der Waals surface area contributed by atoms with E-state index in [-0.39, 0.29) is 36.6 Å². The van der Waals surface area contributed by atoms with Gasteiger partial charge in [0.2, 0.25) is 17.7 Å². The molecule has 2 aromatic rings. The van der Waals surface area contributed by atoms with Crippen molar-refractivity contribution in [3.63, 3.8) is 0 Å². The number of carbonyl (C=O) groups excluding carboxylic acids is 3. The van der Waals surface area contributed by atoms with Gasteiger partial charge in [-0.25, -0.2) is 0 Å². The lowest BCUT2D eigenvalue weighted by atomic mass is 9.61. The minimum absolute atomic E-state index is 0.142. The zero-order chi connectivity index (χ0) is 21.6. The summed E-state index contributed by atoms with van der Waals surface area (Å²) in [4.78, 5) is 40.4. The van der Waals surface area contributed by atoms with Crippen LogP contribution in [0.2, 0.25) is 10.0 Å². The maximum atomic E-state index is 13.6. The first-order valence-electron chi connectivity index (χ1n) is 9.66. The van der Waals surface area contributed by atoms with Crippen molar-refractivity contribution in [2.24, 2.45) is 5.92 Å². The smallest absolute Gasteiger partial charge is 0.239 e. The predicted molar refractivity (Wildman–Crippen MR) is 116 cm³/mol. The van der Waals surface area contributed by atoms with Crippen LogP contribution in [0, 0.1) is 5.92 Å². The molecule has 1 spiro atoms. The van der Waals surface area contributed by atoms with E-state index in [1.165, 1.54) is 11.9 Å². The number of likely N-dealkylation sites (N-methyl/N-ethyl adjacent to an activating group) is 1. The summed E-state index contributed by atoms with van der Waals surface area (Å²) in [5.74, 6) is -1.02. The van der Waals surface area contributed by atoms with E-state index in [0.717, 1.165) is 5.56 Å². The molecule has 2 aliphatic heterocycles. The fraction of sp³-hybridized carbons (Fsp3) is 0.318. The fourth-order valence-electron chi connectivity index (χ4n) is 4.82. The van der Waals surface area contributed by atoms with Crippen molar-refractivity contribution in [3.8, 4) is 0 Å². The zero-order valence-corrected chi connectivity index (χ0v) is 18.1. The summed E-state index contributed by atoms with van der Waals surface area (Å²) in [7, 11) is 1.52. The van der Waals surface area contributed by atoms with Gasteiger partial charge in [0.15, 0.2) is 0 Å². The monoisotopic (exact) mass is 445 g/mol. The van der Waals surface area contributed by atoms with Crippen molar-refractivity contribution >= 4 is 46.6 Å². The maximum Gasteiger partial charge on any atom is 0.239 e. The zero-order valence-electron chi connectivity index (χ0n) is 16.5. The van der Waals surface area contributed by atoms with Gasteiger partial charge in [-0.1, -0.05) is 48.3 Å². The summed E-state index contributed by atoms with van der Waals surface area (Å²) in [6.07, 6.45) is 0.142. The third kappa shape index (κ3) is 3.06. The first kappa shape index (κ1) is 20.7. The SMILES string of the molecule is CNC(=O)CN1C(=O)C[C@H](C)[C@@]2(C(=O)Nc3cc(Cl)ccc32)[C@@H]1c1cccc(Cl)c1. The van der Waals surface area contributed by atoms with Crippen molar-refractivity contribution in [3.05, 3.63) is 63.6 Å². The molecule has 0 aliphatic carbocycles. The largest absolute Gasteiger partial charge is 0.358 e. The van der Waals surface area contributed by atoms with E-state index >= 15 is 0 Å². The number of anilines is 1. The molecule has 2 heterocycles. The lowest BCUT2D eigenvalue weighted by Gasteiger charge is -2.50. The third-order valence-corrected chi connectivity index (χ3v) is 6.60. The van der Waals surface area contributed by atoms with E-state index in [4.69, 9.17) is 23.2 Å². The maximum absolute atomic E-state index is 13.6. The summed E-state index contributed by atoms with van der Waals surface area (Å²) in [6.45, 7) is 1.74. The molecule has 0 saturated carbocycles. The standard InChI is InChI=1S/C22H21Cl2N3O3/c1-12-8-19(29)27(11-18(28)25-2)20(13-4-3-5-14(23)9-13)22(12)16-7-6-15(24)10-17(16)26-21(22)30/h3-7,9-10,12,20H,8,11H2,1-2H3,(H,25,28)(H,26,30)/t12-,20-,22-/m0/s1. The summed E-state index contributed by atoms with van der Waals surface area (Å²) in [5, 5.41) is 6.51. The highest BCUT2D eigenvalue weighted by atomic mass is 35.5. The van der Waals surface area contributed by atoms with Crippen molar-refractivity contribution in [2.75, 3.05) is 18.9 Å². The number of hydrogen-bond acceptors (Lipinski definition) is 3. The molecule has 2 N–H and O–H groups in total. The second-order valence-electron chi connectivity index (χ2n) is 7.77. The van der Waals surface area contributed by atoms with Crippen molar-refractivity contribution in [1.82, 2.24) is 10.2 Å². The van der Waals surface area contributed by atoms with Crippen LogP contribution < -0.4 is 10.6 Å². The molecule has 1 fully saturated rings. The molecule has 30 heavy (non-hydrogen) atoms. The number of carbonyl (C=O) groups is 3. The van der Waals surface area contributed by atoms with Gasteiger partial charge in [0.25, 0.3) is 0 Å². The average molecular weight is 446 g/mol. The first-order chi connectivity index (χ1) is 14.3. The molecule has 0 aromatic heterocycles. The van der Waals surface area contributed by atoms with Gasteiger partial charge in [-0.05, 0) is 41.3 Å². The van der Waals surface area contributed by atoms with E-state index in [1.807, 2.05) is 19.1 Å². The molecule has 3 atom stereocenters. The Hall–Kier alpha value is -2.57. The highest BCUT2D eigenvalue weighted by molar-refractivity contribution is 6.31. The Bertz CT molecular complexity index is 1060. The van der Waals surface area contributed by atoms with E-state index in [1.54, 1.807) is 30.3 Å². The first-order valence-corrected chi connectivity index (χ1v) is 10.4. The Morgan fingerprint density at radius 2 is 1.93 bits per heavy atom. The van der Waals surface area contributed by atoms with Crippen LogP contribution in [0.25, 0.3) is 0 Å². The molecule has 0 bridgehead atoms. The molecule has 2 aromatic carbocycles. The molecule has 0 unspecified atom stereocenters. The van der Waals surface area contributed by atoms with E-state index in [2.05, 4.69) is 10.6 Å². The number of halogens is 2. The second kappa shape index (κ2) is 7.60. The highest BCUT2D eigenvalue weighted by Gasteiger charge is 2.61.